The molecule has 1 heterocycles. The van der Waals surface area contributed by atoms with E-state index < -0.39 is 0 Å². The molecular formula is C16H20N2S. The van der Waals surface area contributed by atoms with Crippen LogP contribution in [-0.2, 0) is 6.42 Å². The summed E-state index contributed by atoms with van der Waals surface area (Å²) in [6.07, 6.45) is 0.912. The monoisotopic (exact) mass is 272 g/mol. The molecular weight excluding hydrogens is 252 g/mol. The minimum Gasteiger partial charge on any atom is -0.330 e. The molecule has 0 unspecified atom stereocenters. The van der Waals surface area contributed by atoms with Crippen molar-refractivity contribution in [1.29, 1.82) is 0 Å². The number of pyridine rings is 1. The summed E-state index contributed by atoms with van der Waals surface area (Å²) in [5.74, 6) is 0. The van der Waals surface area contributed by atoms with E-state index in [-0.39, 0.29) is 0 Å². The van der Waals surface area contributed by atoms with Gasteiger partial charge in [0.2, 0.25) is 0 Å². The van der Waals surface area contributed by atoms with Crippen LogP contribution in [0.5, 0.6) is 0 Å². The third kappa shape index (κ3) is 3.82. The molecule has 0 bridgehead atoms. The zero-order valence-corrected chi connectivity index (χ0v) is 12.6. The van der Waals surface area contributed by atoms with Crippen LogP contribution in [0.4, 0.5) is 0 Å². The lowest BCUT2D eigenvalue weighted by Gasteiger charge is -2.10. The summed E-state index contributed by atoms with van der Waals surface area (Å²) in [6, 6.07) is 10.8. The maximum atomic E-state index is 5.70. The van der Waals surface area contributed by atoms with E-state index in [9.17, 15) is 0 Å². The topological polar surface area (TPSA) is 38.9 Å². The summed E-state index contributed by atoms with van der Waals surface area (Å²) in [7, 11) is 0. The number of aromatic nitrogens is 1. The van der Waals surface area contributed by atoms with Crippen LogP contribution in [0.25, 0.3) is 0 Å². The summed E-state index contributed by atoms with van der Waals surface area (Å²) >= 11 is 1.72. The van der Waals surface area contributed by atoms with Crippen molar-refractivity contribution in [2.75, 3.05) is 6.54 Å². The fourth-order valence-corrected chi connectivity index (χ4v) is 3.22. The van der Waals surface area contributed by atoms with E-state index in [1.807, 2.05) is 6.92 Å². The second kappa shape index (κ2) is 6.22. The first-order chi connectivity index (χ1) is 9.08. The second-order valence-electron chi connectivity index (χ2n) is 4.88. The number of hydrogen-bond donors (Lipinski definition) is 1. The number of rotatable bonds is 4. The smallest absolute Gasteiger partial charge is 0.101 e. The summed E-state index contributed by atoms with van der Waals surface area (Å²) in [4.78, 5) is 5.84. The zero-order valence-electron chi connectivity index (χ0n) is 11.7. The number of nitrogens with zero attached hydrogens (tertiary/aromatic N) is 1. The quantitative estimate of drug-likeness (QED) is 0.923. The molecule has 0 spiro atoms. The number of aryl methyl sites for hydroxylation is 3. The number of hydrogen-bond acceptors (Lipinski definition) is 3. The molecule has 1 aromatic heterocycles. The number of nitrogens with two attached hydrogens (primary N) is 1. The van der Waals surface area contributed by atoms with Gasteiger partial charge in [0.25, 0.3) is 0 Å². The molecule has 0 aliphatic rings. The molecule has 2 N–H and O–H groups in total. The molecule has 3 heteroatoms. The predicted molar refractivity (Wildman–Crippen MR) is 81.8 cm³/mol. The van der Waals surface area contributed by atoms with Gasteiger partial charge in [-0.15, -0.1) is 0 Å². The van der Waals surface area contributed by atoms with Gasteiger partial charge >= 0.3 is 0 Å². The van der Waals surface area contributed by atoms with Gasteiger partial charge in [-0.1, -0.05) is 29.5 Å². The van der Waals surface area contributed by atoms with E-state index in [0.29, 0.717) is 6.54 Å². The highest BCUT2D eigenvalue weighted by Crippen LogP contribution is 2.30. The lowest BCUT2D eigenvalue weighted by atomic mass is 10.1. The first-order valence-corrected chi connectivity index (χ1v) is 7.33. The average Bonchev–Trinajstić information content (AvgIpc) is 2.32. The van der Waals surface area contributed by atoms with Crippen molar-refractivity contribution >= 4 is 11.8 Å². The fraction of sp³-hybridized carbons (Fsp3) is 0.312. The highest BCUT2D eigenvalue weighted by atomic mass is 32.2. The van der Waals surface area contributed by atoms with Crippen molar-refractivity contribution < 1.29 is 0 Å². The molecule has 2 aromatic rings. The number of benzene rings is 1. The minimum atomic E-state index is 0.678. The Balaban J connectivity index is 2.31. The zero-order chi connectivity index (χ0) is 13.8. The molecule has 100 valence electrons. The first kappa shape index (κ1) is 14.1. The maximum Gasteiger partial charge on any atom is 0.101 e. The molecule has 0 fully saturated rings. The predicted octanol–water partition coefficient (Wildman–Crippen LogP) is 3.66. The Morgan fingerprint density at radius 1 is 1.05 bits per heavy atom. The van der Waals surface area contributed by atoms with Crippen LogP contribution in [0.2, 0.25) is 0 Å². The normalized spacial score (nSPS) is 10.7. The summed E-state index contributed by atoms with van der Waals surface area (Å²) in [6.45, 7) is 6.93. The minimum absolute atomic E-state index is 0.678. The first-order valence-electron chi connectivity index (χ1n) is 6.51. The molecule has 0 atom stereocenters. The van der Waals surface area contributed by atoms with E-state index in [1.165, 1.54) is 21.6 Å². The van der Waals surface area contributed by atoms with Crippen molar-refractivity contribution in [3.63, 3.8) is 0 Å². The largest absolute Gasteiger partial charge is 0.330 e. The Labute approximate surface area is 119 Å². The van der Waals surface area contributed by atoms with Crippen molar-refractivity contribution in [1.82, 2.24) is 4.98 Å². The van der Waals surface area contributed by atoms with Gasteiger partial charge in [-0.3, -0.25) is 0 Å². The van der Waals surface area contributed by atoms with Crippen LogP contribution in [0, 0.1) is 20.8 Å². The third-order valence-corrected chi connectivity index (χ3v) is 3.95. The summed E-state index contributed by atoms with van der Waals surface area (Å²) in [5.41, 5.74) is 10.6. The van der Waals surface area contributed by atoms with E-state index in [0.717, 1.165) is 17.1 Å². The van der Waals surface area contributed by atoms with Crippen molar-refractivity contribution in [2.45, 2.75) is 37.1 Å². The Hall–Kier alpha value is -1.32. The van der Waals surface area contributed by atoms with Crippen LogP contribution < -0.4 is 5.73 Å². The van der Waals surface area contributed by atoms with Gasteiger partial charge in [0.05, 0.1) is 0 Å². The Morgan fingerprint density at radius 2 is 1.84 bits per heavy atom. The van der Waals surface area contributed by atoms with E-state index in [1.54, 1.807) is 11.8 Å². The van der Waals surface area contributed by atoms with E-state index >= 15 is 0 Å². The Morgan fingerprint density at radius 3 is 2.53 bits per heavy atom. The van der Waals surface area contributed by atoms with E-state index in [2.05, 4.69) is 49.2 Å². The molecule has 2 nitrogen and oxygen atoms in total. The Kier molecular flexibility index (Phi) is 4.61. The van der Waals surface area contributed by atoms with Crippen LogP contribution in [0.1, 0.15) is 22.4 Å². The molecule has 19 heavy (non-hydrogen) atoms. The molecule has 2 rings (SSSR count). The van der Waals surface area contributed by atoms with Crippen molar-refractivity contribution in [2.24, 2.45) is 5.73 Å². The van der Waals surface area contributed by atoms with Gasteiger partial charge in [-0.2, -0.15) is 0 Å². The standard InChI is InChI=1S/C16H20N2S/c1-11-4-5-15(14(9-11)6-7-17)19-16-10-12(2)8-13(3)18-16/h4-5,8-10H,6-7,17H2,1-3H3. The molecule has 0 saturated heterocycles. The van der Waals surface area contributed by atoms with Crippen LogP contribution in [0.15, 0.2) is 40.3 Å². The van der Waals surface area contributed by atoms with Gasteiger partial charge in [-0.05, 0) is 63.1 Å². The highest BCUT2D eigenvalue weighted by Gasteiger charge is 2.06. The van der Waals surface area contributed by atoms with Crippen molar-refractivity contribution in [3.8, 4) is 0 Å². The lowest BCUT2D eigenvalue weighted by Crippen LogP contribution is -2.04. The average molecular weight is 272 g/mol. The van der Waals surface area contributed by atoms with Gasteiger partial charge in [-0.25, -0.2) is 4.98 Å². The maximum absolute atomic E-state index is 5.70. The molecule has 0 saturated carbocycles. The molecule has 0 radical (unpaired) electrons. The fourth-order valence-electron chi connectivity index (χ4n) is 2.13. The van der Waals surface area contributed by atoms with Gasteiger partial charge in [0.15, 0.2) is 0 Å². The van der Waals surface area contributed by atoms with Crippen LogP contribution in [0.3, 0.4) is 0 Å². The molecule has 0 aliphatic heterocycles. The van der Waals surface area contributed by atoms with E-state index in [4.69, 9.17) is 5.73 Å². The third-order valence-electron chi connectivity index (χ3n) is 2.92. The van der Waals surface area contributed by atoms with Crippen LogP contribution >= 0.6 is 11.8 Å². The van der Waals surface area contributed by atoms with Gasteiger partial charge < -0.3 is 5.73 Å². The van der Waals surface area contributed by atoms with Crippen LogP contribution in [-0.4, -0.2) is 11.5 Å². The summed E-state index contributed by atoms with van der Waals surface area (Å²) < 4.78 is 0. The second-order valence-corrected chi connectivity index (χ2v) is 5.94. The van der Waals surface area contributed by atoms with Gasteiger partial charge in [0, 0.05) is 10.6 Å². The lowest BCUT2D eigenvalue weighted by molar-refractivity contribution is 0.940. The highest BCUT2D eigenvalue weighted by molar-refractivity contribution is 7.99. The molecule has 1 aromatic carbocycles. The van der Waals surface area contributed by atoms with Gasteiger partial charge in [0.1, 0.15) is 5.03 Å². The van der Waals surface area contributed by atoms with Crippen molar-refractivity contribution in [3.05, 3.63) is 52.7 Å². The summed E-state index contributed by atoms with van der Waals surface area (Å²) in [5, 5.41) is 1.06. The Bertz CT molecular complexity index is 559. The molecule has 0 amide bonds. The molecule has 0 aliphatic carbocycles. The SMILES string of the molecule is Cc1cc(C)nc(Sc2ccc(C)cc2CCN)c1.